The maximum absolute atomic E-state index is 12.4. The van der Waals surface area contributed by atoms with Crippen molar-refractivity contribution in [2.45, 2.75) is 32.1 Å². The van der Waals surface area contributed by atoms with Crippen LogP contribution in [-0.4, -0.2) is 17.0 Å². The van der Waals surface area contributed by atoms with E-state index in [4.69, 9.17) is 5.11 Å². The molecule has 0 spiro atoms. The van der Waals surface area contributed by atoms with Gasteiger partial charge in [-0.25, -0.2) is 0 Å². The van der Waals surface area contributed by atoms with Crippen LogP contribution < -0.4 is 5.32 Å². The van der Waals surface area contributed by atoms with E-state index in [0.29, 0.717) is 23.6 Å². The second kappa shape index (κ2) is 7.30. The van der Waals surface area contributed by atoms with E-state index in [1.54, 1.807) is 24.3 Å². The summed E-state index contributed by atoms with van der Waals surface area (Å²) < 4.78 is 0. The van der Waals surface area contributed by atoms with Crippen molar-refractivity contribution < 1.29 is 14.7 Å². The monoisotopic (exact) mass is 323 g/mol. The van der Waals surface area contributed by atoms with E-state index in [9.17, 15) is 9.59 Å². The lowest BCUT2D eigenvalue weighted by Gasteiger charge is -2.24. The van der Waals surface area contributed by atoms with Gasteiger partial charge in [-0.05, 0) is 47.9 Å². The zero-order valence-corrected chi connectivity index (χ0v) is 13.5. The fourth-order valence-corrected chi connectivity index (χ4v) is 3.37. The summed E-state index contributed by atoms with van der Waals surface area (Å²) in [5.41, 5.74) is 3.96. The molecule has 1 aliphatic rings. The smallest absolute Gasteiger partial charge is 0.307 e. The minimum atomic E-state index is -0.902. The topological polar surface area (TPSA) is 66.4 Å². The zero-order chi connectivity index (χ0) is 16.9. The largest absolute Gasteiger partial charge is 0.481 e. The number of para-hydroxylation sites is 1. The van der Waals surface area contributed by atoms with Crippen molar-refractivity contribution in [3.63, 3.8) is 0 Å². The molecule has 1 unspecified atom stereocenters. The number of aliphatic carboxylic acids is 1. The van der Waals surface area contributed by atoms with Gasteiger partial charge in [0, 0.05) is 12.1 Å². The lowest BCUT2D eigenvalue weighted by molar-refractivity contribution is -0.136. The summed E-state index contributed by atoms with van der Waals surface area (Å²) >= 11 is 0. The van der Waals surface area contributed by atoms with Gasteiger partial charge in [0.1, 0.15) is 0 Å². The first kappa shape index (κ1) is 16.2. The first-order valence-electron chi connectivity index (χ1n) is 8.28. The van der Waals surface area contributed by atoms with Gasteiger partial charge in [0.15, 0.2) is 0 Å². The molecule has 1 amide bonds. The van der Waals surface area contributed by atoms with Crippen LogP contribution in [0.5, 0.6) is 0 Å². The van der Waals surface area contributed by atoms with E-state index < -0.39 is 5.97 Å². The van der Waals surface area contributed by atoms with E-state index in [0.717, 1.165) is 19.3 Å². The first-order valence-corrected chi connectivity index (χ1v) is 8.28. The Kier molecular flexibility index (Phi) is 4.94. The van der Waals surface area contributed by atoms with Crippen LogP contribution in [0, 0.1) is 5.92 Å². The highest BCUT2D eigenvalue weighted by Gasteiger charge is 2.21. The number of anilines is 1. The van der Waals surface area contributed by atoms with Crippen LogP contribution in [0.2, 0.25) is 0 Å². The third-order valence-corrected chi connectivity index (χ3v) is 4.56. The molecule has 2 aromatic rings. The van der Waals surface area contributed by atoms with Crippen LogP contribution in [0.15, 0.2) is 48.5 Å². The van der Waals surface area contributed by atoms with E-state index in [-0.39, 0.29) is 12.3 Å². The van der Waals surface area contributed by atoms with E-state index >= 15 is 0 Å². The van der Waals surface area contributed by atoms with Crippen molar-refractivity contribution in [2.75, 3.05) is 5.32 Å². The fourth-order valence-electron chi connectivity index (χ4n) is 3.37. The molecule has 2 N–H and O–H groups in total. The number of hydrogen-bond acceptors (Lipinski definition) is 2. The zero-order valence-electron chi connectivity index (χ0n) is 13.5. The number of carbonyl (C=O) groups excluding carboxylic acids is 1. The van der Waals surface area contributed by atoms with Crippen molar-refractivity contribution in [3.05, 3.63) is 65.2 Å². The molecule has 0 aromatic heterocycles. The molecule has 0 aliphatic heterocycles. The number of carboxylic acid groups (broad SMARTS) is 1. The predicted molar refractivity (Wildman–Crippen MR) is 93.0 cm³/mol. The Morgan fingerprint density at radius 2 is 1.75 bits per heavy atom. The van der Waals surface area contributed by atoms with Gasteiger partial charge in [-0.1, -0.05) is 42.5 Å². The summed E-state index contributed by atoms with van der Waals surface area (Å²) in [6.45, 7) is 0. The summed E-state index contributed by atoms with van der Waals surface area (Å²) in [6, 6.07) is 15.5. The van der Waals surface area contributed by atoms with Gasteiger partial charge in [0.25, 0.3) is 0 Å². The van der Waals surface area contributed by atoms with Crippen LogP contribution in [0.1, 0.15) is 29.5 Å². The van der Waals surface area contributed by atoms with Gasteiger partial charge in [-0.3, -0.25) is 9.59 Å². The lowest BCUT2D eigenvalue weighted by Crippen LogP contribution is -2.22. The van der Waals surface area contributed by atoms with Crippen LogP contribution >= 0.6 is 0 Å². The number of fused-ring (bicyclic) bond motifs is 1. The van der Waals surface area contributed by atoms with E-state index in [1.165, 1.54) is 11.1 Å². The Morgan fingerprint density at radius 3 is 2.54 bits per heavy atom. The molecule has 0 bridgehead atoms. The second-order valence-electron chi connectivity index (χ2n) is 6.36. The summed E-state index contributed by atoms with van der Waals surface area (Å²) in [5, 5.41) is 11.9. The van der Waals surface area contributed by atoms with Gasteiger partial charge >= 0.3 is 5.97 Å². The highest BCUT2D eigenvalue weighted by atomic mass is 16.4. The molecule has 124 valence electrons. The highest BCUT2D eigenvalue weighted by molar-refractivity contribution is 5.92. The molecule has 24 heavy (non-hydrogen) atoms. The normalized spacial score (nSPS) is 16.2. The number of rotatable bonds is 5. The van der Waals surface area contributed by atoms with Gasteiger partial charge in [0.05, 0.1) is 6.42 Å². The molecule has 2 aromatic carbocycles. The van der Waals surface area contributed by atoms with Crippen LogP contribution in [0.25, 0.3) is 0 Å². The van der Waals surface area contributed by atoms with Gasteiger partial charge in [-0.2, -0.15) is 0 Å². The minimum absolute atomic E-state index is 0.0442. The van der Waals surface area contributed by atoms with E-state index in [2.05, 4.69) is 23.5 Å². The average molecular weight is 323 g/mol. The van der Waals surface area contributed by atoms with Crippen molar-refractivity contribution in [2.24, 2.45) is 5.92 Å². The third kappa shape index (κ3) is 4.02. The average Bonchev–Trinajstić information content (AvgIpc) is 2.56. The van der Waals surface area contributed by atoms with Crippen molar-refractivity contribution >= 4 is 17.6 Å². The third-order valence-electron chi connectivity index (χ3n) is 4.56. The molecular formula is C20H21NO3. The fraction of sp³-hybridized carbons (Fsp3) is 0.300. The Balaban J connectivity index is 1.62. The molecule has 1 atom stereocenters. The van der Waals surface area contributed by atoms with E-state index in [1.807, 2.05) is 6.07 Å². The molecule has 0 saturated heterocycles. The summed E-state index contributed by atoms with van der Waals surface area (Å²) in [7, 11) is 0. The number of benzene rings is 2. The Morgan fingerprint density at radius 1 is 1.04 bits per heavy atom. The number of nitrogens with one attached hydrogen (secondary N) is 1. The van der Waals surface area contributed by atoms with Crippen molar-refractivity contribution in [1.82, 2.24) is 0 Å². The molecule has 0 saturated carbocycles. The SMILES string of the molecule is O=C(O)Cc1ccccc1NC(=O)CC1CCc2ccccc2C1. The molecule has 1 aliphatic carbocycles. The number of hydrogen-bond donors (Lipinski definition) is 2. The standard InChI is InChI=1S/C20H21NO3/c22-19(21-18-8-4-3-7-17(18)13-20(23)24)12-14-9-10-15-5-1-2-6-16(15)11-14/h1-8,14H,9-13H2,(H,21,22)(H,23,24). The van der Waals surface area contributed by atoms with Crippen LogP contribution in [-0.2, 0) is 28.9 Å². The van der Waals surface area contributed by atoms with Crippen molar-refractivity contribution in [1.29, 1.82) is 0 Å². The minimum Gasteiger partial charge on any atom is -0.481 e. The van der Waals surface area contributed by atoms with Gasteiger partial charge < -0.3 is 10.4 Å². The number of carboxylic acids is 1. The summed E-state index contributed by atoms with van der Waals surface area (Å²) in [4.78, 5) is 23.3. The molecule has 0 fully saturated rings. The number of amides is 1. The molecule has 0 heterocycles. The highest BCUT2D eigenvalue weighted by Crippen LogP contribution is 2.28. The Hall–Kier alpha value is -2.62. The lowest BCUT2D eigenvalue weighted by atomic mass is 9.82. The molecule has 4 heteroatoms. The van der Waals surface area contributed by atoms with Gasteiger partial charge in [-0.15, -0.1) is 0 Å². The summed E-state index contributed by atoms with van der Waals surface area (Å²) in [5.74, 6) is -0.607. The number of carbonyl (C=O) groups is 2. The Bertz CT molecular complexity index is 754. The Labute approximate surface area is 141 Å². The van der Waals surface area contributed by atoms with Crippen LogP contribution in [0.4, 0.5) is 5.69 Å². The molecule has 4 nitrogen and oxygen atoms in total. The maximum atomic E-state index is 12.4. The summed E-state index contributed by atoms with van der Waals surface area (Å²) in [6.07, 6.45) is 3.34. The quantitative estimate of drug-likeness (QED) is 0.885. The molecular weight excluding hydrogens is 302 g/mol. The predicted octanol–water partition coefficient (Wildman–Crippen LogP) is 3.45. The van der Waals surface area contributed by atoms with Gasteiger partial charge in [0.2, 0.25) is 5.91 Å². The van der Waals surface area contributed by atoms with Crippen LogP contribution in [0.3, 0.4) is 0 Å². The number of aryl methyl sites for hydroxylation is 1. The second-order valence-corrected chi connectivity index (χ2v) is 6.36. The molecule has 0 radical (unpaired) electrons. The first-order chi connectivity index (χ1) is 11.6. The molecule has 3 rings (SSSR count). The maximum Gasteiger partial charge on any atom is 0.307 e. The van der Waals surface area contributed by atoms with Crippen molar-refractivity contribution in [3.8, 4) is 0 Å².